The zero-order chi connectivity index (χ0) is 10.7. The van der Waals surface area contributed by atoms with E-state index in [1.165, 1.54) is 11.5 Å². The lowest BCUT2D eigenvalue weighted by Crippen LogP contribution is -2.49. The van der Waals surface area contributed by atoms with Gasteiger partial charge in [-0.2, -0.15) is 0 Å². The Morgan fingerprint density at radius 2 is 2.33 bits per heavy atom. The standard InChI is InChI=1S/C9H14N4OS/c10-6-3-1-2-4-7(6)11-9(14)8-5-15-13-12-8/h5-7H,1-4,10H2,(H,11,14)/t6-,7-/m1/s1. The minimum atomic E-state index is -0.161. The molecule has 1 saturated carbocycles. The Morgan fingerprint density at radius 3 is 3.00 bits per heavy atom. The van der Waals surface area contributed by atoms with Crippen LogP contribution >= 0.6 is 11.5 Å². The van der Waals surface area contributed by atoms with Crippen LogP contribution in [0.25, 0.3) is 0 Å². The zero-order valence-corrected chi connectivity index (χ0v) is 9.17. The molecule has 6 heteroatoms. The predicted octanol–water partition coefficient (Wildman–Crippen LogP) is 0.538. The minimum Gasteiger partial charge on any atom is -0.346 e. The molecule has 1 aliphatic rings. The van der Waals surface area contributed by atoms with E-state index >= 15 is 0 Å². The van der Waals surface area contributed by atoms with Crippen molar-refractivity contribution in [1.29, 1.82) is 0 Å². The molecule has 2 atom stereocenters. The highest BCUT2D eigenvalue weighted by atomic mass is 32.1. The number of nitrogens with one attached hydrogen (secondary N) is 1. The van der Waals surface area contributed by atoms with E-state index < -0.39 is 0 Å². The van der Waals surface area contributed by atoms with Crippen LogP contribution in [-0.2, 0) is 0 Å². The van der Waals surface area contributed by atoms with Crippen molar-refractivity contribution in [2.45, 2.75) is 37.8 Å². The van der Waals surface area contributed by atoms with E-state index in [2.05, 4.69) is 14.9 Å². The predicted molar refractivity (Wildman–Crippen MR) is 57.6 cm³/mol. The molecule has 15 heavy (non-hydrogen) atoms. The van der Waals surface area contributed by atoms with E-state index in [0.29, 0.717) is 5.69 Å². The fourth-order valence-corrected chi connectivity index (χ4v) is 2.28. The van der Waals surface area contributed by atoms with Crippen molar-refractivity contribution in [3.63, 3.8) is 0 Å². The summed E-state index contributed by atoms with van der Waals surface area (Å²) >= 11 is 1.18. The first kappa shape index (κ1) is 10.5. The summed E-state index contributed by atoms with van der Waals surface area (Å²) in [6.45, 7) is 0. The van der Waals surface area contributed by atoms with E-state index in [-0.39, 0.29) is 18.0 Å². The van der Waals surface area contributed by atoms with Gasteiger partial charge in [-0.05, 0) is 24.4 Å². The normalized spacial score (nSPS) is 26.2. The Morgan fingerprint density at radius 1 is 1.53 bits per heavy atom. The third kappa shape index (κ3) is 2.51. The van der Waals surface area contributed by atoms with Crippen molar-refractivity contribution < 1.29 is 4.79 Å². The second-order valence-electron chi connectivity index (χ2n) is 3.82. The fourth-order valence-electron chi connectivity index (χ4n) is 1.84. The average Bonchev–Trinajstić information content (AvgIpc) is 2.74. The van der Waals surface area contributed by atoms with Gasteiger partial charge in [0.1, 0.15) is 0 Å². The molecule has 1 aromatic rings. The third-order valence-electron chi connectivity index (χ3n) is 2.73. The molecule has 2 rings (SSSR count). The first-order valence-electron chi connectivity index (χ1n) is 5.11. The van der Waals surface area contributed by atoms with Crippen molar-refractivity contribution in [3.8, 4) is 0 Å². The molecule has 0 bridgehead atoms. The van der Waals surface area contributed by atoms with Gasteiger partial charge in [0.2, 0.25) is 0 Å². The lowest BCUT2D eigenvalue weighted by Gasteiger charge is -2.28. The van der Waals surface area contributed by atoms with Crippen molar-refractivity contribution in [3.05, 3.63) is 11.1 Å². The van der Waals surface area contributed by atoms with Crippen LogP contribution in [0, 0.1) is 0 Å². The summed E-state index contributed by atoms with van der Waals surface area (Å²) < 4.78 is 3.65. The van der Waals surface area contributed by atoms with E-state index in [9.17, 15) is 4.79 Å². The summed E-state index contributed by atoms with van der Waals surface area (Å²) in [5.74, 6) is -0.161. The lowest BCUT2D eigenvalue weighted by atomic mass is 9.91. The molecule has 1 aromatic heterocycles. The third-order valence-corrected chi connectivity index (χ3v) is 3.23. The second kappa shape index (κ2) is 4.67. The van der Waals surface area contributed by atoms with Gasteiger partial charge in [-0.3, -0.25) is 4.79 Å². The van der Waals surface area contributed by atoms with Gasteiger partial charge in [0.15, 0.2) is 5.69 Å². The van der Waals surface area contributed by atoms with Crippen LogP contribution in [0.2, 0.25) is 0 Å². The maximum Gasteiger partial charge on any atom is 0.273 e. The van der Waals surface area contributed by atoms with Crippen LogP contribution in [0.15, 0.2) is 5.38 Å². The number of nitrogens with zero attached hydrogens (tertiary/aromatic N) is 2. The summed E-state index contributed by atoms with van der Waals surface area (Å²) in [5.41, 5.74) is 6.32. The Kier molecular flexibility index (Phi) is 3.27. The van der Waals surface area contributed by atoms with Crippen molar-refractivity contribution in [1.82, 2.24) is 14.9 Å². The quantitative estimate of drug-likeness (QED) is 0.771. The molecule has 5 nitrogen and oxygen atoms in total. The Bertz CT molecular complexity index is 327. The van der Waals surface area contributed by atoms with Gasteiger partial charge < -0.3 is 11.1 Å². The van der Waals surface area contributed by atoms with E-state index in [1.54, 1.807) is 5.38 Å². The molecule has 0 radical (unpaired) electrons. The molecule has 1 heterocycles. The first-order chi connectivity index (χ1) is 7.27. The van der Waals surface area contributed by atoms with Gasteiger partial charge in [-0.1, -0.05) is 17.3 Å². The Balaban J connectivity index is 1.93. The fraction of sp³-hybridized carbons (Fsp3) is 0.667. The zero-order valence-electron chi connectivity index (χ0n) is 8.35. The largest absolute Gasteiger partial charge is 0.346 e. The highest BCUT2D eigenvalue weighted by Gasteiger charge is 2.24. The van der Waals surface area contributed by atoms with Crippen LogP contribution in [-0.4, -0.2) is 27.6 Å². The Labute approximate surface area is 92.2 Å². The number of nitrogens with two attached hydrogens (primary N) is 1. The monoisotopic (exact) mass is 226 g/mol. The van der Waals surface area contributed by atoms with Crippen molar-refractivity contribution in [2.75, 3.05) is 0 Å². The topological polar surface area (TPSA) is 80.9 Å². The van der Waals surface area contributed by atoms with Crippen LogP contribution in [0.3, 0.4) is 0 Å². The van der Waals surface area contributed by atoms with E-state index in [4.69, 9.17) is 5.73 Å². The summed E-state index contributed by atoms with van der Waals surface area (Å²) in [6, 6.07) is 0.169. The van der Waals surface area contributed by atoms with Gasteiger partial charge in [0.05, 0.1) is 0 Å². The molecule has 3 N–H and O–H groups in total. The highest BCUT2D eigenvalue weighted by molar-refractivity contribution is 7.03. The molecule has 1 fully saturated rings. The number of carbonyl (C=O) groups excluding carboxylic acids is 1. The van der Waals surface area contributed by atoms with E-state index in [0.717, 1.165) is 25.7 Å². The minimum absolute atomic E-state index is 0.0781. The maximum atomic E-state index is 11.7. The molecular weight excluding hydrogens is 212 g/mol. The molecule has 0 aliphatic heterocycles. The lowest BCUT2D eigenvalue weighted by molar-refractivity contribution is 0.0916. The number of carbonyl (C=O) groups is 1. The molecule has 82 valence electrons. The van der Waals surface area contributed by atoms with Crippen molar-refractivity contribution >= 4 is 17.4 Å². The van der Waals surface area contributed by atoms with Crippen LogP contribution in [0.1, 0.15) is 36.2 Å². The van der Waals surface area contributed by atoms with E-state index in [1.807, 2.05) is 0 Å². The molecule has 0 unspecified atom stereocenters. The van der Waals surface area contributed by atoms with Gasteiger partial charge in [-0.25, -0.2) is 0 Å². The number of hydrogen-bond donors (Lipinski definition) is 2. The first-order valence-corrected chi connectivity index (χ1v) is 5.94. The average molecular weight is 226 g/mol. The Hall–Kier alpha value is -1.01. The number of hydrogen-bond acceptors (Lipinski definition) is 5. The van der Waals surface area contributed by atoms with Gasteiger partial charge in [0.25, 0.3) is 5.91 Å². The molecule has 1 amide bonds. The van der Waals surface area contributed by atoms with Gasteiger partial charge in [-0.15, -0.1) is 5.10 Å². The highest BCUT2D eigenvalue weighted by Crippen LogP contribution is 2.17. The summed E-state index contributed by atoms with van der Waals surface area (Å²) in [7, 11) is 0. The SMILES string of the molecule is N[C@@H]1CCCC[C@H]1NC(=O)c1csnn1. The van der Waals surface area contributed by atoms with Crippen molar-refractivity contribution in [2.24, 2.45) is 5.73 Å². The maximum absolute atomic E-state index is 11.7. The van der Waals surface area contributed by atoms with Gasteiger partial charge in [0, 0.05) is 17.5 Å². The molecular formula is C9H14N4OS. The molecule has 0 aromatic carbocycles. The summed E-state index contributed by atoms with van der Waals surface area (Å²) in [6.07, 6.45) is 4.24. The van der Waals surface area contributed by atoms with Gasteiger partial charge >= 0.3 is 0 Å². The number of rotatable bonds is 2. The van der Waals surface area contributed by atoms with Crippen LogP contribution in [0.4, 0.5) is 0 Å². The number of amides is 1. The number of aromatic nitrogens is 2. The van der Waals surface area contributed by atoms with Crippen LogP contribution < -0.4 is 11.1 Å². The summed E-state index contributed by atoms with van der Waals surface area (Å²) in [5, 5.41) is 8.28. The summed E-state index contributed by atoms with van der Waals surface area (Å²) in [4.78, 5) is 11.7. The molecule has 0 saturated heterocycles. The van der Waals surface area contributed by atoms with Crippen LogP contribution in [0.5, 0.6) is 0 Å². The molecule has 1 aliphatic carbocycles. The smallest absolute Gasteiger partial charge is 0.273 e. The second-order valence-corrected chi connectivity index (χ2v) is 4.43. The molecule has 0 spiro atoms.